The highest BCUT2D eigenvalue weighted by Crippen LogP contribution is 2.56. The summed E-state index contributed by atoms with van der Waals surface area (Å²) in [6.07, 6.45) is 6.55. The van der Waals surface area contributed by atoms with Gasteiger partial charge in [-0.1, -0.05) is 13.8 Å². The average molecular weight is 500 g/mol. The second-order valence-corrected chi connectivity index (χ2v) is 11.9. The van der Waals surface area contributed by atoms with Crippen LogP contribution in [0, 0.1) is 19.3 Å². The Morgan fingerprint density at radius 1 is 1.19 bits per heavy atom. The van der Waals surface area contributed by atoms with E-state index in [2.05, 4.69) is 66.0 Å². The summed E-state index contributed by atoms with van der Waals surface area (Å²) in [6, 6.07) is 4.40. The van der Waals surface area contributed by atoms with Crippen LogP contribution >= 0.6 is 0 Å². The number of H-pyrrole nitrogens is 1. The number of carbonyl (C=O) groups excluding carboxylic acids is 1. The number of likely N-dealkylation sites (tertiary alicyclic amines) is 1. The molecule has 1 amide bonds. The Hall–Kier alpha value is -3.26. The first kappa shape index (κ1) is 24.1. The second-order valence-electron chi connectivity index (χ2n) is 11.9. The number of rotatable bonds is 6. The van der Waals surface area contributed by atoms with Gasteiger partial charge in [0.05, 0.1) is 16.7 Å². The van der Waals surface area contributed by atoms with E-state index in [1.807, 2.05) is 23.5 Å². The first-order valence-corrected chi connectivity index (χ1v) is 13.4. The van der Waals surface area contributed by atoms with E-state index in [1.165, 1.54) is 16.8 Å². The van der Waals surface area contributed by atoms with E-state index in [9.17, 15) is 4.79 Å². The SMILES string of the molecule is Cc1c(-c2[nH]c3ccc(C4CC5(C4)CN(C(=O)CCN(C)C)C5)nc3c2C(C)C)cn2ncnc2c1C. The number of pyridine rings is 2. The van der Waals surface area contributed by atoms with Crippen LogP contribution in [0.2, 0.25) is 0 Å². The van der Waals surface area contributed by atoms with Gasteiger partial charge < -0.3 is 14.8 Å². The third kappa shape index (κ3) is 3.93. The lowest BCUT2D eigenvalue weighted by Crippen LogP contribution is -2.63. The van der Waals surface area contributed by atoms with Crippen molar-refractivity contribution in [2.45, 2.75) is 58.8 Å². The second kappa shape index (κ2) is 8.65. The highest BCUT2D eigenvalue weighted by molar-refractivity contribution is 5.89. The molecule has 0 bridgehead atoms. The van der Waals surface area contributed by atoms with Gasteiger partial charge in [0.2, 0.25) is 5.91 Å². The van der Waals surface area contributed by atoms with Crippen LogP contribution in [0.4, 0.5) is 0 Å². The summed E-state index contributed by atoms with van der Waals surface area (Å²) in [7, 11) is 4.03. The minimum atomic E-state index is 0.290. The van der Waals surface area contributed by atoms with Gasteiger partial charge in [-0.25, -0.2) is 9.50 Å². The summed E-state index contributed by atoms with van der Waals surface area (Å²) >= 11 is 0. The predicted octanol–water partition coefficient (Wildman–Crippen LogP) is 4.67. The lowest BCUT2D eigenvalue weighted by Gasteiger charge is -2.59. The maximum absolute atomic E-state index is 12.5. The normalized spacial score (nSPS) is 17.4. The molecule has 6 rings (SSSR count). The molecule has 0 atom stereocenters. The van der Waals surface area contributed by atoms with Crippen molar-refractivity contribution in [2.75, 3.05) is 33.7 Å². The van der Waals surface area contributed by atoms with Crippen LogP contribution in [0.5, 0.6) is 0 Å². The van der Waals surface area contributed by atoms with Crippen molar-refractivity contribution < 1.29 is 4.79 Å². The Balaban J connectivity index is 1.25. The van der Waals surface area contributed by atoms with Gasteiger partial charge in [0.15, 0.2) is 5.65 Å². The molecule has 0 radical (unpaired) electrons. The zero-order chi connectivity index (χ0) is 26.1. The molecule has 8 nitrogen and oxygen atoms in total. The zero-order valence-electron chi connectivity index (χ0n) is 22.8. The molecule has 8 heteroatoms. The molecule has 1 N–H and O–H groups in total. The van der Waals surface area contributed by atoms with E-state index in [-0.39, 0.29) is 0 Å². The molecule has 37 heavy (non-hydrogen) atoms. The van der Waals surface area contributed by atoms with Crippen LogP contribution in [0.25, 0.3) is 27.9 Å². The lowest BCUT2D eigenvalue weighted by molar-refractivity contribution is -0.151. The Kier molecular flexibility index (Phi) is 5.64. The summed E-state index contributed by atoms with van der Waals surface area (Å²) in [4.78, 5) is 29.9. The number of aromatic nitrogens is 5. The molecule has 4 aromatic heterocycles. The minimum Gasteiger partial charge on any atom is -0.353 e. The fraction of sp³-hybridized carbons (Fsp3) is 0.517. The van der Waals surface area contributed by atoms with Crippen molar-refractivity contribution in [3.8, 4) is 11.3 Å². The van der Waals surface area contributed by atoms with Crippen molar-refractivity contribution in [1.82, 2.24) is 34.4 Å². The van der Waals surface area contributed by atoms with Crippen molar-refractivity contribution in [1.29, 1.82) is 0 Å². The zero-order valence-corrected chi connectivity index (χ0v) is 22.8. The molecular formula is C29H37N7O. The van der Waals surface area contributed by atoms with Crippen LogP contribution in [0.1, 0.15) is 67.3 Å². The minimum absolute atomic E-state index is 0.290. The monoisotopic (exact) mass is 499 g/mol. The fourth-order valence-electron chi connectivity index (χ4n) is 6.43. The molecule has 1 spiro atoms. The van der Waals surface area contributed by atoms with Crippen LogP contribution in [0.15, 0.2) is 24.7 Å². The molecule has 1 aliphatic carbocycles. The van der Waals surface area contributed by atoms with E-state index in [1.54, 1.807) is 6.33 Å². The van der Waals surface area contributed by atoms with Crippen LogP contribution in [-0.2, 0) is 4.79 Å². The third-order valence-electron chi connectivity index (χ3n) is 8.63. The summed E-state index contributed by atoms with van der Waals surface area (Å²) in [5.74, 6) is 1.08. The standard InChI is InChI=1S/C29H37N7O/c1-17(2)25-26(21-13-36-28(30-16-31-36)19(4)18(21)3)33-23-8-7-22(32-27(23)25)20-11-29(12-20)14-35(15-29)24(37)9-10-34(5)6/h7-8,13,16-17,20,33H,9-12,14-15H2,1-6H3. The fourth-order valence-corrected chi connectivity index (χ4v) is 6.43. The summed E-state index contributed by atoms with van der Waals surface area (Å²) in [5.41, 5.74) is 10.4. The number of nitrogens with one attached hydrogen (secondary N) is 1. The molecule has 5 heterocycles. The molecule has 1 saturated heterocycles. The van der Waals surface area contributed by atoms with Crippen molar-refractivity contribution in [3.63, 3.8) is 0 Å². The topological polar surface area (TPSA) is 82.4 Å². The molecule has 0 unspecified atom stereocenters. The lowest BCUT2D eigenvalue weighted by atomic mass is 9.57. The molecule has 194 valence electrons. The van der Waals surface area contributed by atoms with Gasteiger partial charge in [0.25, 0.3) is 0 Å². The first-order valence-electron chi connectivity index (χ1n) is 13.4. The number of carbonyl (C=O) groups is 1. The van der Waals surface area contributed by atoms with Crippen molar-refractivity contribution >= 4 is 22.6 Å². The highest BCUT2D eigenvalue weighted by atomic mass is 16.2. The van der Waals surface area contributed by atoms with Crippen molar-refractivity contribution in [3.05, 3.63) is 47.0 Å². The molecule has 1 aliphatic heterocycles. The molecule has 4 aromatic rings. The number of fused-ring (bicyclic) bond motifs is 2. The van der Waals surface area contributed by atoms with Crippen LogP contribution in [-0.4, -0.2) is 74.0 Å². The number of amides is 1. The maximum atomic E-state index is 12.5. The quantitative estimate of drug-likeness (QED) is 0.417. The summed E-state index contributed by atoms with van der Waals surface area (Å²) in [6.45, 7) is 11.4. The maximum Gasteiger partial charge on any atom is 0.223 e. The van der Waals surface area contributed by atoms with Gasteiger partial charge in [-0.3, -0.25) is 9.78 Å². The average Bonchev–Trinajstić information content (AvgIpc) is 3.42. The number of nitrogens with zero attached hydrogens (tertiary/aromatic N) is 6. The van der Waals surface area contributed by atoms with Gasteiger partial charge in [-0.2, -0.15) is 5.10 Å². The highest BCUT2D eigenvalue weighted by Gasteiger charge is 2.54. The Bertz CT molecular complexity index is 1500. The Morgan fingerprint density at radius 3 is 2.65 bits per heavy atom. The molecular weight excluding hydrogens is 462 g/mol. The van der Waals surface area contributed by atoms with Crippen LogP contribution < -0.4 is 0 Å². The van der Waals surface area contributed by atoms with E-state index in [0.29, 0.717) is 29.6 Å². The van der Waals surface area contributed by atoms with Gasteiger partial charge >= 0.3 is 0 Å². The molecule has 0 aromatic carbocycles. The molecule has 2 aliphatic rings. The Morgan fingerprint density at radius 2 is 1.95 bits per heavy atom. The van der Waals surface area contributed by atoms with Gasteiger partial charge in [0.1, 0.15) is 6.33 Å². The number of aromatic amines is 1. The van der Waals surface area contributed by atoms with E-state index >= 15 is 0 Å². The smallest absolute Gasteiger partial charge is 0.223 e. The first-order chi connectivity index (χ1) is 17.7. The van der Waals surface area contributed by atoms with Crippen LogP contribution in [0.3, 0.4) is 0 Å². The Labute approximate surface area is 218 Å². The summed E-state index contributed by atoms with van der Waals surface area (Å²) in [5, 5.41) is 4.40. The van der Waals surface area contributed by atoms with E-state index < -0.39 is 0 Å². The molecule has 1 saturated carbocycles. The number of hydrogen-bond donors (Lipinski definition) is 1. The van der Waals surface area contributed by atoms with Gasteiger partial charge in [0, 0.05) is 60.4 Å². The number of aryl methyl sites for hydroxylation is 1. The van der Waals surface area contributed by atoms with Crippen molar-refractivity contribution in [2.24, 2.45) is 5.41 Å². The third-order valence-corrected chi connectivity index (χ3v) is 8.63. The van der Waals surface area contributed by atoms with Gasteiger partial charge in [-0.05, 0) is 70.0 Å². The number of hydrogen-bond acceptors (Lipinski definition) is 5. The predicted molar refractivity (Wildman–Crippen MR) is 146 cm³/mol. The van der Waals surface area contributed by atoms with E-state index in [0.717, 1.165) is 66.0 Å². The molecule has 2 fully saturated rings. The van der Waals surface area contributed by atoms with Gasteiger partial charge in [-0.15, -0.1) is 0 Å². The summed E-state index contributed by atoms with van der Waals surface area (Å²) < 4.78 is 1.87. The largest absolute Gasteiger partial charge is 0.353 e. The van der Waals surface area contributed by atoms with E-state index in [4.69, 9.17) is 4.98 Å².